The van der Waals surface area contributed by atoms with Gasteiger partial charge in [-0.2, -0.15) is 10.5 Å². The molecule has 83 heavy (non-hydrogen) atoms. The first-order valence-electron chi connectivity index (χ1n) is 27.5. The average molecular weight is 1330 g/mol. The molecule has 0 bridgehead atoms. The molecule has 0 unspecified atom stereocenters. The van der Waals surface area contributed by atoms with E-state index in [1.54, 1.807) is 35.4 Å². The van der Waals surface area contributed by atoms with E-state index in [1.807, 2.05) is 36.4 Å². The van der Waals surface area contributed by atoms with Crippen LogP contribution in [0.15, 0.2) is 48.6 Å². The van der Waals surface area contributed by atoms with E-state index in [1.165, 1.54) is 74.7 Å². The van der Waals surface area contributed by atoms with Crippen LogP contribution < -0.4 is 41.9 Å². The number of benzene rings is 2. The molecule has 0 aliphatic heterocycles. The second-order valence-corrected chi connectivity index (χ2v) is 18.8. The van der Waals surface area contributed by atoms with Gasteiger partial charge in [-0.1, -0.05) is 83.6 Å². The fourth-order valence-corrected chi connectivity index (χ4v) is 8.70. The average Bonchev–Trinajstić information content (AvgIpc) is 3.48. The maximum atomic E-state index is 9.55. The summed E-state index contributed by atoms with van der Waals surface area (Å²) in [7, 11) is 6.59. The number of aliphatic carboxylic acids is 2. The fourth-order valence-electron chi connectivity index (χ4n) is 8.70. The molecule has 13 N–H and O–H groups in total. The number of hydrogen-bond donors (Lipinski definition) is 9. The van der Waals surface area contributed by atoms with Crippen LogP contribution in [0.3, 0.4) is 0 Å². The summed E-state index contributed by atoms with van der Waals surface area (Å²) >= 11 is 0. The van der Waals surface area contributed by atoms with E-state index in [4.69, 9.17) is 86.7 Å². The first-order chi connectivity index (χ1) is 39.0. The van der Waals surface area contributed by atoms with Crippen LogP contribution in [-0.2, 0) is 126 Å². The Morgan fingerprint density at radius 3 is 1.08 bits per heavy atom. The Morgan fingerprint density at radius 2 is 0.855 bits per heavy atom. The van der Waals surface area contributed by atoms with Crippen LogP contribution in [0.2, 0.25) is 0 Å². The molecule has 4 saturated carbocycles. The van der Waals surface area contributed by atoms with E-state index in [2.05, 4.69) is 28.4 Å². The Kier molecular flexibility index (Phi) is 55.9. The third-order valence-corrected chi connectivity index (χ3v) is 13.1. The van der Waals surface area contributed by atoms with Crippen molar-refractivity contribution in [3.63, 3.8) is 0 Å². The van der Waals surface area contributed by atoms with Gasteiger partial charge in [0.05, 0.1) is 66.1 Å². The molecular formula is C58H96N4O19Y2-2. The second-order valence-electron chi connectivity index (χ2n) is 18.8. The number of hydrogen-bond acceptors (Lipinski definition) is 21. The van der Waals surface area contributed by atoms with Gasteiger partial charge in [-0.3, -0.25) is 14.6 Å². The summed E-state index contributed by atoms with van der Waals surface area (Å²) < 4.78 is 47.7. The number of carboxylic acid groups (broad SMARTS) is 2. The number of nitrogens with two attached hydrogens (primary N) is 4. The zero-order valence-electron chi connectivity index (χ0n) is 49.5. The van der Waals surface area contributed by atoms with Gasteiger partial charge in [0, 0.05) is 108 Å². The van der Waals surface area contributed by atoms with Crippen LogP contribution in [0.4, 0.5) is 0 Å². The molecule has 23 nitrogen and oxygen atoms in total. The smallest absolute Gasteiger partial charge is 0.328 e. The number of methoxy groups -OCH3 is 4. The normalized spacial score (nSPS) is 21.5. The topological polar surface area (TPSA) is 358 Å². The van der Waals surface area contributed by atoms with Crippen molar-refractivity contribution in [2.75, 3.05) is 54.9 Å². The summed E-state index contributed by atoms with van der Waals surface area (Å²) in [6, 6.07) is 12.9. The minimum atomic E-state index is -1.26. The number of carbonyl (C=O) groups excluding carboxylic acids is 1. The molecule has 2 aromatic carbocycles. The summed E-state index contributed by atoms with van der Waals surface area (Å²) in [5.41, 5.74) is 26.2. The van der Waals surface area contributed by atoms with Crippen molar-refractivity contribution in [3.8, 4) is 35.2 Å². The summed E-state index contributed by atoms with van der Waals surface area (Å²) in [4.78, 5) is 34.8. The van der Waals surface area contributed by atoms with Crippen molar-refractivity contribution >= 4 is 18.4 Å². The van der Waals surface area contributed by atoms with Crippen LogP contribution in [0.1, 0.15) is 127 Å². The Morgan fingerprint density at radius 1 is 0.554 bits per heavy atom. The molecule has 4 aliphatic rings. The Balaban J connectivity index is -0.000000942. The van der Waals surface area contributed by atoms with Gasteiger partial charge in [0.1, 0.15) is 0 Å². The molecule has 0 amide bonds. The maximum absolute atomic E-state index is 9.55. The molecular weight excluding hydrogens is 1230 g/mol. The molecule has 2 radical (unpaired) electrons. The summed E-state index contributed by atoms with van der Waals surface area (Å²) in [5, 5.41) is 38.7. The molecule has 2 aromatic rings. The van der Waals surface area contributed by atoms with Gasteiger partial charge in [0.2, 0.25) is 12.2 Å². The zero-order chi connectivity index (χ0) is 60.6. The minimum Gasteiger partial charge on any atom is -0.493 e. The van der Waals surface area contributed by atoms with Gasteiger partial charge in [-0.15, -0.1) is 0 Å². The number of carboxylic acids is 2. The van der Waals surface area contributed by atoms with E-state index >= 15 is 0 Å². The van der Waals surface area contributed by atoms with Gasteiger partial charge in [0.15, 0.2) is 29.3 Å². The number of rotatable bonds is 21. The molecule has 4 aliphatic carbocycles. The van der Waals surface area contributed by atoms with E-state index in [0.29, 0.717) is 45.0 Å². The molecule has 25 heteroatoms. The summed E-state index contributed by atoms with van der Waals surface area (Å²) in [6.45, 7) is 11.7. The molecule has 6 rings (SSSR count). The Labute approximate surface area is 542 Å². The van der Waals surface area contributed by atoms with Crippen molar-refractivity contribution in [2.24, 2.45) is 22.9 Å². The number of aliphatic hydroxyl groups is 1. The van der Waals surface area contributed by atoms with Crippen LogP contribution >= 0.6 is 0 Å². The van der Waals surface area contributed by atoms with Crippen molar-refractivity contribution in [1.82, 2.24) is 0 Å². The van der Waals surface area contributed by atoms with Crippen molar-refractivity contribution in [3.05, 3.63) is 73.5 Å². The van der Waals surface area contributed by atoms with E-state index in [0.717, 1.165) is 87.2 Å². The van der Waals surface area contributed by atoms with E-state index < -0.39 is 18.2 Å². The number of ether oxygens (including phenoxy) is 9. The Bertz CT molecular complexity index is 1890. The van der Waals surface area contributed by atoms with Crippen LogP contribution in [0, 0.1) is 26.1 Å². The van der Waals surface area contributed by atoms with Gasteiger partial charge in [-0.25, -0.2) is 9.59 Å². The number of aliphatic hydroxyl groups excluding tert-OH is 1. The third-order valence-electron chi connectivity index (χ3n) is 13.1. The fraction of sp³-hybridized carbons (Fsp3) is 0.638. The van der Waals surface area contributed by atoms with Crippen LogP contribution in [0.5, 0.6) is 23.0 Å². The molecule has 4 fully saturated rings. The zero-order valence-corrected chi connectivity index (χ0v) is 55.2. The van der Waals surface area contributed by atoms with Gasteiger partial charge >= 0.3 is 11.9 Å². The van der Waals surface area contributed by atoms with E-state index in [-0.39, 0.29) is 120 Å². The molecule has 470 valence electrons. The third kappa shape index (κ3) is 41.5. The Hall–Kier alpha value is -3.28. The van der Waals surface area contributed by atoms with Gasteiger partial charge in [-0.05, 0) is 99.6 Å². The van der Waals surface area contributed by atoms with Gasteiger partial charge < -0.3 is 94.7 Å². The number of carbonyl (C=O) groups is 3. The summed E-state index contributed by atoms with van der Waals surface area (Å²) in [5.74, 6) is 0.525. The van der Waals surface area contributed by atoms with Crippen molar-refractivity contribution in [1.29, 1.82) is 0 Å². The molecule has 0 saturated heterocycles. The minimum absolute atomic E-state index is 0. The predicted molar refractivity (Wildman–Crippen MR) is 305 cm³/mol. The molecule has 0 aromatic heterocycles. The second kappa shape index (κ2) is 55.3. The quantitative estimate of drug-likeness (QED) is 0.0119. The molecule has 9 atom stereocenters. The SMILES string of the molecule is CC[C@@H](O)OC=O.COc1ccc(CCO[C@@H]2CCCC[C@H]2N)cc1OC.COc1ccc(CCO[C@@H]2CCCC[C@H]2N)cc1OC.O=C(O)/C=C\C(=O)O.OOC#COO.[CH2-]CO[C@@H]1CCCC[C@H]1N.[CH2-]CO[C@@H]1CCCC[C@H]1N.[Y].[Y]. The summed E-state index contributed by atoms with van der Waals surface area (Å²) in [6.07, 6.45) is 25.3. The molecule has 0 heterocycles. The van der Waals surface area contributed by atoms with Crippen molar-refractivity contribution in [2.45, 2.75) is 184 Å². The molecule has 0 spiro atoms. The first kappa shape index (κ1) is 83.9. The van der Waals surface area contributed by atoms with Crippen molar-refractivity contribution < 1.29 is 158 Å². The van der Waals surface area contributed by atoms with Crippen LogP contribution in [-0.4, -0.2) is 154 Å². The van der Waals surface area contributed by atoms with Crippen LogP contribution in [0.25, 0.3) is 0 Å². The monoisotopic (exact) mass is 1330 g/mol. The maximum Gasteiger partial charge on any atom is 0.328 e. The van der Waals surface area contributed by atoms with Gasteiger partial charge in [0.25, 0.3) is 6.47 Å². The first-order valence-corrected chi connectivity index (χ1v) is 27.5. The van der Waals surface area contributed by atoms with E-state index in [9.17, 15) is 14.4 Å². The standard InChI is InChI=1S/2C16H25NO3.2C8H16NO.C4H4O4.C4H8O3.C2H2O4.2Y/c2*1-18-15-8-7-12(11-16(15)19-2)9-10-20-14-6-4-3-5-13(14)17;2*1-2-10-8-6-4-3-5-7(8)9;5-3(6)1-2-4(7)8;1-2-4(6)7-3-5;3-5-1-2-6-4;;/h2*7-8,11,13-14H,3-6,9-10,17H2,1-2H3;2*7-8H,1-6,9H2;1-2H,(H,5,6)(H,7,8);3-4,6H,2H2,1H3;3-4H;;/q;;2*-1;;;;;/b;;;;2-1-;;;;/t2*13-,14-;2*7-,8-;;4-;;;/m1111.0.../s1. The largest absolute Gasteiger partial charge is 0.493 e. The predicted octanol–water partition coefficient (Wildman–Crippen LogP) is 6.76.